The highest BCUT2D eigenvalue weighted by Crippen LogP contribution is 2.38. The van der Waals surface area contributed by atoms with Crippen molar-refractivity contribution in [2.24, 2.45) is 5.41 Å². The Bertz CT molecular complexity index is 580. The molecule has 1 heterocycles. The second-order valence-corrected chi connectivity index (χ2v) is 5.66. The zero-order chi connectivity index (χ0) is 15.8. The lowest BCUT2D eigenvalue weighted by Crippen LogP contribution is -2.44. The molecule has 0 bridgehead atoms. The van der Waals surface area contributed by atoms with E-state index in [4.69, 9.17) is 0 Å². The molecule has 1 aliphatic heterocycles. The molecule has 0 saturated carbocycles. The number of hydrogen-bond acceptors (Lipinski definition) is 3. The van der Waals surface area contributed by atoms with Crippen LogP contribution in [0.1, 0.15) is 30.9 Å². The quantitative estimate of drug-likeness (QED) is 0.824. The van der Waals surface area contributed by atoms with Gasteiger partial charge in [0.15, 0.2) is 0 Å². The minimum absolute atomic E-state index is 0.112. The summed E-state index contributed by atoms with van der Waals surface area (Å²) in [6.07, 6.45) is -4.16. The summed E-state index contributed by atoms with van der Waals surface area (Å²) in [4.78, 5) is 22.8. The van der Waals surface area contributed by atoms with Crippen LogP contribution in [-0.2, 0) is 22.2 Å². The van der Waals surface area contributed by atoms with Crippen molar-refractivity contribution in [2.75, 3.05) is 0 Å². The van der Waals surface area contributed by atoms with Crippen molar-refractivity contribution in [3.05, 3.63) is 29.3 Å². The number of piperidine rings is 1. The predicted molar refractivity (Wildman–Crippen MR) is 67.3 cm³/mol. The van der Waals surface area contributed by atoms with Gasteiger partial charge in [0.25, 0.3) is 0 Å². The maximum atomic E-state index is 12.6. The topological polar surface area (TPSA) is 66.4 Å². The van der Waals surface area contributed by atoms with Crippen LogP contribution in [-0.4, -0.2) is 16.9 Å². The highest BCUT2D eigenvalue weighted by Gasteiger charge is 2.37. The number of imide groups is 1. The fraction of sp³-hybridized carbons (Fsp3) is 0.429. The van der Waals surface area contributed by atoms with Crippen LogP contribution in [0.3, 0.4) is 0 Å². The van der Waals surface area contributed by atoms with Gasteiger partial charge in [0.05, 0.1) is 5.56 Å². The summed E-state index contributed by atoms with van der Waals surface area (Å²) in [6.45, 7) is 1.72. The summed E-state index contributed by atoms with van der Waals surface area (Å²) in [6, 6.07) is 3.09. The maximum absolute atomic E-state index is 12.6. The van der Waals surface area contributed by atoms with Gasteiger partial charge in [-0.15, -0.1) is 0 Å². The van der Waals surface area contributed by atoms with Gasteiger partial charge in [-0.3, -0.25) is 14.9 Å². The van der Waals surface area contributed by atoms with Gasteiger partial charge in [-0.05, 0) is 29.5 Å². The molecule has 1 aromatic carbocycles. The van der Waals surface area contributed by atoms with Gasteiger partial charge in [-0.1, -0.05) is 13.0 Å². The lowest BCUT2D eigenvalue weighted by Gasteiger charge is -2.32. The largest absolute Gasteiger partial charge is 0.507 e. The second kappa shape index (κ2) is 5.05. The van der Waals surface area contributed by atoms with E-state index < -0.39 is 34.7 Å². The Balaban J connectivity index is 2.22. The van der Waals surface area contributed by atoms with Gasteiger partial charge in [0, 0.05) is 12.8 Å². The molecule has 0 aliphatic carbocycles. The first-order valence-corrected chi connectivity index (χ1v) is 6.31. The summed E-state index contributed by atoms with van der Waals surface area (Å²) < 4.78 is 37.7. The van der Waals surface area contributed by atoms with E-state index in [0.29, 0.717) is 5.56 Å². The smallest absolute Gasteiger partial charge is 0.419 e. The number of nitrogens with one attached hydrogen (secondary N) is 1. The monoisotopic (exact) mass is 301 g/mol. The Kier molecular flexibility index (Phi) is 3.69. The van der Waals surface area contributed by atoms with Crippen LogP contribution in [0.5, 0.6) is 5.75 Å². The minimum Gasteiger partial charge on any atom is -0.507 e. The van der Waals surface area contributed by atoms with Crippen LogP contribution in [0.25, 0.3) is 0 Å². The SMILES string of the molecule is CC1(Cc2ccc(C(F)(F)F)c(O)c2)CC(=O)NC(=O)C1. The fourth-order valence-corrected chi connectivity index (χ4v) is 2.63. The number of carbonyl (C=O) groups excluding carboxylic acids is 2. The molecule has 1 fully saturated rings. The highest BCUT2D eigenvalue weighted by molar-refractivity contribution is 5.98. The van der Waals surface area contributed by atoms with Crippen molar-refractivity contribution in [1.29, 1.82) is 0 Å². The van der Waals surface area contributed by atoms with E-state index in [1.54, 1.807) is 6.92 Å². The van der Waals surface area contributed by atoms with E-state index in [9.17, 15) is 27.9 Å². The van der Waals surface area contributed by atoms with E-state index in [2.05, 4.69) is 5.32 Å². The summed E-state index contributed by atoms with van der Waals surface area (Å²) >= 11 is 0. The van der Waals surface area contributed by atoms with Crippen molar-refractivity contribution >= 4 is 11.8 Å². The predicted octanol–water partition coefficient (Wildman–Crippen LogP) is 2.40. The van der Waals surface area contributed by atoms with E-state index in [1.807, 2.05) is 0 Å². The minimum atomic E-state index is -4.62. The fourth-order valence-electron chi connectivity index (χ4n) is 2.63. The van der Waals surface area contributed by atoms with Crippen molar-refractivity contribution in [3.8, 4) is 5.75 Å². The van der Waals surface area contributed by atoms with E-state index in [1.165, 1.54) is 6.07 Å². The first-order valence-electron chi connectivity index (χ1n) is 6.31. The number of benzene rings is 1. The average Bonchev–Trinajstić information content (AvgIpc) is 2.23. The Hall–Kier alpha value is -2.05. The van der Waals surface area contributed by atoms with Crippen LogP contribution in [0, 0.1) is 5.41 Å². The van der Waals surface area contributed by atoms with Gasteiger partial charge in [-0.25, -0.2) is 0 Å². The standard InChI is InChI=1S/C14H14F3NO3/c1-13(6-11(20)18-12(21)7-13)5-8-2-3-9(10(19)4-8)14(15,16)17/h2-4,19H,5-7H2,1H3,(H,18,20,21). The molecule has 0 radical (unpaired) electrons. The number of aromatic hydroxyl groups is 1. The maximum Gasteiger partial charge on any atom is 0.419 e. The normalized spacial score (nSPS) is 18.5. The Morgan fingerprint density at radius 1 is 1.24 bits per heavy atom. The molecule has 2 amide bonds. The van der Waals surface area contributed by atoms with Gasteiger partial charge in [-0.2, -0.15) is 13.2 Å². The number of carbonyl (C=O) groups is 2. The summed E-state index contributed by atoms with van der Waals surface area (Å²) in [5, 5.41) is 11.7. The molecule has 0 spiro atoms. The molecular weight excluding hydrogens is 287 g/mol. The zero-order valence-electron chi connectivity index (χ0n) is 11.3. The summed E-state index contributed by atoms with van der Waals surface area (Å²) in [7, 11) is 0. The molecule has 21 heavy (non-hydrogen) atoms. The van der Waals surface area contributed by atoms with Crippen LogP contribution >= 0.6 is 0 Å². The number of hydrogen-bond donors (Lipinski definition) is 2. The molecule has 1 aliphatic rings. The second-order valence-electron chi connectivity index (χ2n) is 5.66. The Morgan fingerprint density at radius 3 is 2.29 bits per heavy atom. The molecule has 0 unspecified atom stereocenters. The highest BCUT2D eigenvalue weighted by atomic mass is 19.4. The van der Waals surface area contributed by atoms with Gasteiger partial charge >= 0.3 is 6.18 Å². The molecule has 4 nitrogen and oxygen atoms in total. The molecule has 1 aromatic rings. The molecular formula is C14H14F3NO3. The molecule has 7 heteroatoms. The third kappa shape index (κ3) is 3.53. The molecule has 2 N–H and O–H groups in total. The molecule has 0 atom stereocenters. The van der Waals surface area contributed by atoms with E-state index in [0.717, 1.165) is 12.1 Å². The lowest BCUT2D eigenvalue weighted by molar-refractivity contribution is -0.139. The number of phenolic OH excluding ortho intramolecular Hbond substituents is 1. The Labute approximate surface area is 119 Å². The number of alkyl halides is 3. The lowest BCUT2D eigenvalue weighted by atomic mass is 9.75. The van der Waals surface area contributed by atoms with Crippen molar-refractivity contribution < 1.29 is 27.9 Å². The van der Waals surface area contributed by atoms with Crippen molar-refractivity contribution in [3.63, 3.8) is 0 Å². The van der Waals surface area contributed by atoms with E-state index >= 15 is 0 Å². The third-order valence-electron chi connectivity index (χ3n) is 3.45. The van der Waals surface area contributed by atoms with Crippen molar-refractivity contribution in [2.45, 2.75) is 32.4 Å². The number of phenols is 1. The number of rotatable bonds is 2. The molecule has 0 aromatic heterocycles. The molecule has 2 rings (SSSR count). The summed E-state index contributed by atoms with van der Waals surface area (Å²) in [5.41, 5.74) is -1.31. The Morgan fingerprint density at radius 2 is 1.81 bits per heavy atom. The van der Waals surface area contributed by atoms with Gasteiger partial charge < -0.3 is 5.11 Å². The number of amides is 2. The summed E-state index contributed by atoms with van der Waals surface area (Å²) in [5.74, 6) is -1.65. The first kappa shape index (κ1) is 15.3. The molecule has 114 valence electrons. The molecule has 1 saturated heterocycles. The van der Waals surface area contributed by atoms with Crippen molar-refractivity contribution in [1.82, 2.24) is 5.32 Å². The van der Waals surface area contributed by atoms with Gasteiger partial charge in [0.1, 0.15) is 5.75 Å². The van der Waals surface area contributed by atoms with Crippen LogP contribution < -0.4 is 5.32 Å². The van der Waals surface area contributed by atoms with Crippen LogP contribution in [0.2, 0.25) is 0 Å². The number of halogens is 3. The average molecular weight is 301 g/mol. The van der Waals surface area contributed by atoms with Crippen LogP contribution in [0.15, 0.2) is 18.2 Å². The van der Waals surface area contributed by atoms with E-state index in [-0.39, 0.29) is 19.3 Å². The van der Waals surface area contributed by atoms with Gasteiger partial charge in [0.2, 0.25) is 11.8 Å². The zero-order valence-corrected chi connectivity index (χ0v) is 11.3. The first-order chi connectivity index (χ1) is 9.59. The van der Waals surface area contributed by atoms with Crippen LogP contribution in [0.4, 0.5) is 13.2 Å². The third-order valence-corrected chi connectivity index (χ3v) is 3.45.